The van der Waals surface area contributed by atoms with Crippen LogP contribution in [0.15, 0.2) is 109 Å². The number of nitrogens with two attached hydrogens (primary N) is 2. The fourth-order valence-electron chi connectivity index (χ4n) is 3.97. The third-order valence-electron chi connectivity index (χ3n) is 6.35. The molecule has 0 aromatic heterocycles. The summed E-state index contributed by atoms with van der Waals surface area (Å²) in [5.41, 5.74) is 13.1. The highest BCUT2D eigenvalue weighted by atomic mass is 31.1. The lowest BCUT2D eigenvalue weighted by Gasteiger charge is -2.23. The normalized spacial score (nSPS) is 12.6. The third-order valence-corrected chi connectivity index (χ3v) is 7.20. The number of hydrogen-bond donors (Lipinski definition) is 4. The Labute approximate surface area is 264 Å². The Morgan fingerprint density at radius 1 is 0.565 bits per heavy atom. The number of rotatable bonds is 14. The smallest absolute Gasteiger partial charge is 0.409 e. The van der Waals surface area contributed by atoms with Crippen LogP contribution < -0.4 is 22.1 Å². The van der Waals surface area contributed by atoms with Gasteiger partial charge in [0.05, 0.1) is 0 Å². The van der Waals surface area contributed by atoms with Crippen molar-refractivity contribution in [1.29, 1.82) is 0 Å². The molecule has 4 amide bonds. The number of alkyl carbamates (subject to hydrolysis) is 2. The maximum atomic E-state index is 13.3. The molecule has 46 heavy (non-hydrogen) atoms. The van der Waals surface area contributed by atoms with Crippen molar-refractivity contribution in [3.8, 4) is 0 Å². The summed E-state index contributed by atoms with van der Waals surface area (Å²) >= 11 is 0. The second-order valence-corrected chi connectivity index (χ2v) is 10.6. The topological polar surface area (TPSA) is 198 Å². The first-order chi connectivity index (χ1) is 22.2. The van der Waals surface area contributed by atoms with E-state index in [1.54, 1.807) is 48.5 Å². The Morgan fingerprint density at radius 3 is 1.24 bits per heavy atom. The highest BCUT2D eigenvalue weighted by molar-refractivity contribution is 7.33. The summed E-state index contributed by atoms with van der Waals surface area (Å²) in [5.74, 6) is -1.35. The molecule has 4 rings (SSSR count). The van der Waals surface area contributed by atoms with Crippen molar-refractivity contribution in [3.05, 3.63) is 143 Å². The first-order valence-electron chi connectivity index (χ1n) is 13.8. The van der Waals surface area contributed by atoms with Crippen molar-refractivity contribution in [1.82, 2.24) is 10.6 Å². The number of primary amides is 2. The van der Waals surface area contributed by atoms with Crippen LogP contribution in [0.4, 0.5) is 9.59 Å². The fraction of sp³-hybridized carbons (Fsp3) is 0.125. The van der Waals surface area contributed by atoms with Crippen LogP contribution in [0.1, 0.15) is 55.4 Å². The summed E-state index contributed by atoms with van der Waals surface area (Å²) < 4.78 is 35.1. The lowest BCUT2D eigenvalue weighted by molar-refractivity contribution is 0.0756. The minimum absolute atomic E-state index is 0.0515. The number of nitrogens with one attached hydrogen (secondary N) is 2. The summed E-state index contributed by atoms with van der Waals surface area (Å²) in [6, 6.07) is 29.2. The van der Waals surface area contributed by atoms with E-state index in [9.17, 15) is 23.7 Å². The zero-order chi connectivity index (χ0) is 32.9. The van der Waals surface area contributed by atoms with Gasteiger partial charge in [-0.05, 0) is 35.4 Å². The zero-order valence-corrected chi connectivity index (χ0v) is 25.3. The highest BCUT2D eigenvalue weighted by Crippen LogP contribution is 2.37. The van der Waals surface area contributed by atoms with Crippen LogP contribution in [0, 0.1) is 0 Å². The maximum Gasteiger partial charge on any atom is 0.409 e. The van der Waals surface area contributed by atoms with Gasteiger partial charge in [0.1, 0.15) is 13.2 Å². The Bertz CT molecular complexity index is 1530. The molecule has 4 aromatic carbocycles. The van der Waals surface area contributed by atoms with E-state index in [0.717, 1.165) is 11.1 Å². The standard InChI is InChI=1S/C32H31N4O9P/c33-27(37)23-11-15-25(16-12-23)29(35-31(39)42-19-21-7-3-1-4-8-21)44-46(41)45-30(26-17-13-24(14-18-26)28(34)38)36-32(40)43-20-22-9-5-2-6-10-22/h1-18,29-30,46H,19-20H2,(H2,33,37)(H2,34,38)(H,35,39)(H,36,40). The molecule has 0 aliphatic rings. The van der Waals surface area contributed by atoms with Crippen molar-refractivity contribution in [2.45, 2.75) is 25.7 Å². The molecule has 0 saturated carbocycles. The van der Waals surface area contributed by atoms with Gasteiger partial charge in [0.25, 0.3) is 0 Å². The first kappa shape index (κ1) is 33.4. The van der Waals surface area contributed by atoms with Gasteiger partial charge in [0.15, 0.2) is 12.5 Å². The number of carbonyl (C=O) groups excluding carboxylic acids is 4. The number of benzene rings is 4. The molecule has 238 valence electrons. The minimum atomic E-state index is -3.53. The molecule has 0 aliphatic heterocycles. The van der Waals surface area contributed by atoms with Gasteiger partial charge < -0.3 is 20.9 Å². The minimum Gasteiger partial charge on any atom is -0.445 e. The molecule has 0 radical (unpaired) electrons. The molecule has 0 aliphatic carbocycles. The van der Waals surface area contributed by atoms with E-state index in [0.29, 0.717) is 0 Å². The van der Waals surface area contributed by atoms with Crippen LogP contribution in [0.25, 0.3) is 0 Å². The summed E-state index contributed by atoms with van der Waals surface area (Å²) in [5, 5.41) is 4.96. The molecule has 0 fully saturated rings. The molecule has 0 bridgehead atoms. The van der Waals surface area contributed by atoms with Gasteiger partial charge in [-0.15, -0.1) is 0 Å². The van der Waals surface area contributed by atoms with Gasteiger partial charge in [0.2, 0.25) is 11.8 Å². The predicted molar refractivity (Wildman–Crippen MR) is 166 cm³/mol. The Hall–Kier alpha value is -5.49. The van der Waals surface area contributed by atoms with Gasteiger partial charge in [-0.1, -0.05) is 84.9 Å². The van der Waals surface area contributed by atoms with Crippen molar-refractivity contribution < 1.29 is 42.3 Å². The molecule has 13 nitrogen and oxygen atoms in total. The van der Waals surface area contributed by atoms with E-state index in [1.165, 1.54) is 48.5 Å². The monoisotopic (exact) mass is 646 g/mol. The summed E-state index contributed by atoms with van der Waals surface area (Å²) in [7, 11) is -3.53. The largest absolute Gasteiger partial charge is 0.445 e. The Morgan fingerprint density at radius 2 is 0.913 bits per heavy atom. The molecule has 14 heteroatoms. The van der Waals surface area contributed by atoms with Crippen LogP contribution >= 0.6 is 8.25 Å². The average molecular weight is 647 g/mol. The van der Waals surface area contributed by atoms with Gasteiger partial charge >= 0.3 is 20.4 Å². The maximum absolute atomic E-state index is 13.3. The molecule has 4 aromatic rings. The van der Waals surface area contributed by atoms with Crippen LogP contribution in [0.5, 0.6) is 0 Å². The summed E-state index contributed by atoms with van der Waals surface area (Å²) in [4.78, 5) is 48.5. The predicted octanol–water partition coefficient (Wildman–Crippen LogP) is 4.86. The molecule has 6 N–H and O–H groups in total. The van der Waals surface area contributed by atoms with E-state index in [2.05, 4.69) is 10.6 Å². The van der Waals surface area contributed by atoms with Crippen molar-refractivity contribution >= 4 is 32.3 Å². The molecule has 0 saturated heterocycles. The number of carbonyl (C=O) groups is 4. The van der Waals surface area contributed by atoms with Crippen LogP contribution in [0.2, 0.25) is 0 Å². The lowest BCUT2D eigenvalue weighted by Crippen LogP contribution is -2.31. The second kappa shape index (κ2) is 16.5. The quantitative estimate of drug-likeness (QED) is 0.109. The van der Waals surface area contributed by atoms with Crippen LogP contribution in [-0.2, 0) is 36.3 Å². The summed E-state index contributed by atoms with van der Waals surface area (Å²) in [6.45, 7) is -0.103. The van der Waals surface area contributed by atoms with E-state index in [1.807, 2.05) is 12.1 Å². The van der Waals surface area contributed by atoms with E-state index in [-0.39, 0.29) is 35.5 Å². The van der Waals surface area contributed by atoms with Crippen LogP contribution in [0.3, 0.4) is 0 Å². The zero-order valence-electron chi connectivity index (χ0n) is 24.3. The van der Waals surface area contributed by atoms with Crippen LogP contribution in [-0.4, -0.2) is 24.0 Å². The number of amides is 4. The van der Waals surface area contributed by atoms with E-state index < -0.39 is 44.7 Å². The van der Waals surface area contributed by atoms with Crippen molar-refractivity contribution in [2.24, 2.45) is 11.5 Å². The van der Waals surface area contributed by atoms with Gasteiger partial charge in [0, 0.05) is 22.3 Å². The molecule has 0 heterocycles. The summed E-state index contributed by atoms with van der Waals surface area (Å²) in [6.07, 6.45) is -4.55. The average Bonchev–Trinajstić information content (AvgIpc) is 3.07. The fourth-order valence-corrected chi connectivity index (χ4v) is 4.80. The van der Waals surface area contributed by atoms with E-state index >= 15 is 0 Å². The molecular weight excluding hydrogens is 615 g/mol. The highest BCUT2D eigenvalue weighted by Gasteiger charge is 2.24. The molecule has 2 unspecified atom stereocenters. The van der Waals surface area contributed by atoms with Gasteiger partial charge in [-0.3, -0.25) is 33.8 Å². The molecule has 0 spiro atoms. The van der Waals surface area contributed by atoms with Crippen molar-refractivity contribution in [2.75, 3.05) is 0 Å². The second-order valence-electron chi connectivity index (χ2n) is 9.63. The first-order valence-corrected chi connectivity index (χ1v) is 15.0. The third kappa shape index (κ3) is 10.3. The van der Waals surface area contributed by atoms with E-state index in [4.69, 9.17) is 30.0 Å². The lowest BCUT2D eigenvalue weighted by atomic mass is 10.1. The number of hydrogen-bond acceptors (Lipinski definition) is 9. The van der Waals surface area contributed by atoms with Gasteiger partial charge in [-0.25, -0.2) is 9.59 Å². The Balaban J connectivity index is 1.49. The SMILES string of the molecule is NC(=O)c1ccc(C(NC(=O)OCc2ccccc2)O[PH](=O)OC(NC(=O)OCc2ccccc2)c2ccc(C(N)=O)cc2)cc1. The molecular formula is C32H31N4O9P. The van der Waals surface area contributed by atoms with Gasteiger partial charge in [-0.2, -0.15) is 0 Å². The Kier molecular flexibility index (Phi) is 12.0. The van der Waals surface area contributed by atoms with Crippen molar-refractivity contribution in [3.63, 3.8) is 0 Å². The number of ether oxygens (including phenoxy) is 2. The molecule has 2 atom stereocenters.